The second-order valence-corrected chi connectivity index (χ2v) is 11.3. The highest BCUT2D eigenvalue weighted by atomic mass is 16.3. The summed E-state index contributed by atoms with van der Waals surface area (Å²) in [6.45, 7) is 2.78. The number of ketones is 1. The number of nitrogens with one attached hydrogen (secondary N) is 2. The van der Waals surface area contributed by atoms with E-state index in [-0.39, 0.29) is 29.8 Å². The number of carbonyl (C=O) groups excluding carboxylic acids is 3. The number of β-amino-alcohol motifs (C(OH)–C–C–N with tert-alkyl or cyclic N) is 2. The van der Waals surface area contributed by atoms with Crippen LogP contribution in [0.5, 0.6) is 0 Å². The SMILES string of the molecule is O=C(Nc1ccc(C(=O)c2ccc(NC(=O)c3ccc(N4CCC(O)C4)cc3)cc2)cc1)c1ccc(N2CCC(O)C2)cc1. The van der Waals surface area contributed by atoms with Gasteiger partial charge in [0.2, 0.25) is 0 Å². The van der Waals surface area contributed by atoms with E-state index in [1.54, 1.807) is 72.8 Å². The van der Waals surface area contributed by atoms with Gasteiger partial charge in [0.25, 0.3) is 11.8 Å². The Morgan fingerprint density at radius 3 is 1.18 bits per heavy atom. The lowest BCUT2D eigenvalue weighted by molar-refractivity contribution is 0.101. The number of hydrogen-bond donors (Lipinski definition) is 4. The molecule has 4 aromatic carbocycles. The van der Waals surface area contributed by atoms with Gasteiger partial charge in [-0.25, -0.2) is 0 Å². The highest BCUT2D eigenvalue weighted by Crippen LogP contribution is 2.23. The predicted octanol–water partition coefficient (Wildman–Crippen LogP) is 4.56. The molecule has 0 radical (unpaired) electrons. The van der Waals surface area contributed by atoms with Gasteiger partial charge < -0.3 is 30.6 Å². The summed E-state index contributed by atoms with van der Waals surface area (Å²) in [5.74, 6) is -0.680. The van der Waals surface area contributed by atoms with Crippen LogP contribution in [0.15, 0.2) is 97.1 Å². The molecule has 2 fully saturated rings. The van der Waals surface area contributed by atoms with E-state index in [2.05, 4.69) is 20.4 Å². The number of aliphatic hydroxyl groups excluding tert-OH is 2. The van der Waals surface area contributed by atoms with Crippen LogP contribution in [0.2, 0.25) is 0 Å². The Balaban J connectivity index is 1.02. The van der Waals surface area contributed by atoms with Crippen LogP contribution >= 0.6 is 0 Å². The summed E-state index contributed by atoms with van der Waals surface area (Å²) in [4.78, 5) is 42.7. The van der Waals surface area contributed by atoms with Crippen LogP contribution in [0.3, 0.4) is 0 Å². The summed E-state index contributed by atoms with van der Waals surface area (Å²) in [6.07, 6.45) is 0.861. The molecule has 0 aliphatic carbocycles. The van der Waals surface area contributed by atoms with Gasteiger partial charge in [0, 0.05) is 71.2 Å². The minimum absolute atomic E-state index is 0.175. The molecule has 2 aliphatic heterocycles. The normalized spacial score (nSPS) is 17.9. The van der Waals surface area contributed by atoms with Crippen molar-refractivity contribution in [1.82, 2.24) is 0 Å². The quantitative estimate of drug-likeness (QED) is 0.222. The molecule has 2 unspecified atom stereocenters. The van der Waals surface area contributed by atoms with Crippen LogP contribution in [0.4, 0.5) is 22.7 Å². The van der Waals surface area contributed by atoms with Crippen molar-refractivity contribution in [3.63, 3.8) is 0 Å². The Morgan fingerprint density at radius 2 is 0.864 bits per heavy atom. The van der Waals surface area contributed by atoms with Crippen molar-refractivity contribution in [2.24, 2.45) is 0 Å². The third-order valence-electron chi connectivity index (χ3n) is 8.13. The zero-order chi connectivity index (χ0) is 30.6. The topological polar surface area (TPSA) is 122 Å². The molecule has 2 saturated heterocycles. The first-order valence-electron chi connectivity index (χ1n) is 14.8. The van der Waals surface area contributed by atoms with E-state index in [9.17, 15) is 24.6 Å². The fourth-order valence-electron chi connectivity index (χ4n) is 5.58. The van der Waals surface area contributed by atoms with Gasteiger partial charge in [0.05, 0.1) is 12.2 Å². The van der Waals surface area contributed by atoms with Crippen molar-refractivity contribution >= 4 is 40.3 Å². The summed E-state index contributed by atoms with van der Waals surface area (Å²) in [5.41, 5.74) is 5.07. The number of benzene rings is 4. The average Bonchev–Trinajstić information content (AvgIpc) is 3.69. The Bertz CT molecular complexity index is 1510. The van der Waals surface area contributed by atoms with Crippen LogP contribution in [0, 0.1) is 0 Å². The lowest BCUT2D eigenvalue weighted by atomic mass is 10.0. The first-order chi connectivity index (χ1) is 21.3. The number of amides is 2. The molecule has 6 rings (SSSR count). The van der Waals surface area contributed by atoms with Crippen LogP contribution in [-0.2, 0) is 0 Å². The molecular formula is C35H34N4O5. The van der Waals surface area contributed by atoms with Crippen LogP contribution in [0.1, 0.15) is 49.5 Å². The van der Waals surface area contributed by atoms with Crippen molar-refractivity contribution in [3.8, 4) is 0 Å². The number of hydrogen-bond acceptors (Lipinski definition) is 7. The Labute approximate surface area is 255 Å². The molecular weight excluding hydrogens is 556 g/mol. The molecule has 0 aromatic heterocycles. The molecule has 0 saturated carbocycles. The van der Waals surface area contributed by atoms with Gasteiger partial charge in [-0.3, -0.25) is 14.4 Å². The molecule has 2 heterocycles. The third-order valence-corrected chi connectivity index (χ3v) is 8.13. The fourth-order valence-corrected chi connectivity index (χ4v) is 5.58. The summed E-state index contributed by atoms with van der Waals surface area (Å²) in [6, 6.07) is 28.0. The number of carbonyl (C=O) groups is 3. The summed E-state index contributed by atoms with van der Waals surface area (Å²) in [7, 11) is 0. The van der Waals surface area contributed by atoms with E-state index in [0.717, 1.165) is 37.3 Å². The van der Waals surface area contributed by atoms with Crippen LogP contribution in [-0.4, -0.2) is 66.2 Å². The summed E-state index contributed by atoms with van der Waals surface area (Å²) < 4.78 is 0. The van der Waals surface area contributed by atoms with Gasteiger partial charge in [-0.2, -0.15) is 0 Å². The van der Waals surface area contributed by atoms with Crippen molar-refractivity contribution in [1.29, 1.82) is 0 Å². The molecule has 2 aliphatic rings. The summed E-state index contributed by atoms with van der Waals surface area (Å²) >= 11 is 0. The Hall–Kier alpha value is -4.99. The number of nitrogens with zero attached hydrogens (tertiary/aromatic N) is 2. The van der Waals surface area contributed by atoms with E-state index in [1.165, 1.54) is 0 Å². The first kappa shape index (κ1) is 29.1. The van der Waals surface area contributed by atoms with Gasteiger partial charge in [-0.1, -0.05) is 0 Å². The standard InChI is InChI=1S/C35H34N4O5/c40-31-17-19-38(21-31)29-13-5-25(6-14-29)34(43)36-27-9-1-23(2-10-27)33(42)24-3-11-28(12-4-24)37-35(44)26-7-15-30(16-8-26)39-20-18-32(41)22-39/h1-16,31-32,40-41H,17-22H2,(H,36,43)(H,37,44). The van der Waals surface area contributed by atoms with E-state index in [4.69, 9.17) is 0 Å². The van der Waals surface area contributed by atoms with Gasteiger partial charge in [0.1, 0.15) is 0 Å². The molecule has 9 nitrogen and oxygen atoms in total. The van der Waals surface area contributed by atoms with E-state index >= 15 is 0 Å². The number of aliphatic hydroxyl groups is 2. The highest BCUT2D eigenvalue weighted by Gasteiger charge is 2.22. The maximum atomic E-state index is 13.1. The molecule has 4 aromatic rings. The second kappa shape index (κ2) is 12.7. The van der Waals surface area contributed by atoms with Crippen LogP contribution in [0.25, 0.3) is 0 Å². The molecule has 0 bridgehead atoms. The van der Waals surface area contributed by atoms with E-state index in [0.29, 0.717) is 46.7 Å². The van der Waals surface area contributed by atoms with Crippen molar-refractivity contribution < 1.29 is 24.6 Å². The van der Waals surface area contributed by atoms with E-state index < -0.39 is 0 Å². The van der Waals surface area contributed by atoms with Crippen molar-refractivity contribution in [2.45, 2.75) is 25.0 Å². The fraction of sp³-hybridized carbons (Fsp3) is 0.229. The monoisotopic (exact) mass is 590 g/mol. The number of rotatable bonds is 8. The molecule has 0 spiro atoms. The van der Waals surface area contributed by atoms with E-state index in [1.807, 2.05) is 24.3 Å². The lowest BCUT2D eigenvalue weighted by Gasteiger charge is -2.18. The second-order valence-electron chi connectivity index (χ2n) is 11.3. The molecule has 44 heavy (non-hydrogen) atoms. The van der Waals surface area contributed by atoms with Crippen molar-refractivity contribution in [3.05, 3.63) is 119 Å². The molecule has 9 heteroatoms. The average molecular weight is 591 g/mol. The van der Waals surface area contributed by atoms with Crippen LogP contribution < -0.4 is 20.4 Å². The molecule has 224 valence electrons. The van der Waals surface area contributed by atoms with Crippen molar-refractivity contribution in [2.75, 3.05) is 46.6 Å². The highest BCUT2D eigenvalue weighted by molar-refractivity contribution is 6.10. The minimum Gasteiger partial charge on any atom is -0.391 e. The summed E-state index contributed by atoms with van der Waals surface area (Å²) in [5, 5.41) is 25.2. The maximum Gasteiger partial charge on any atom is 0.255 e. The van der Waals surface area contributed by atoms with Gasteiger partial charge in [-0.15, -0.1) is 0 Å². The zero-order valence-corrected chi connectivity index (χ0v) is 24.1. The van der Waals surface area contributed by atoms with Gasteiger partial charge in [0.15, 0.2) is 5.78 Å². The smallest absolute Gasteiger partial charge is 0.255 e. The predicted molar refractivity (Wildman–Crippen MR) is 171 cm³/mol. The minimum atomic E-state index is -0.313. The molecule has 2 amide bonds. The molecule has 2 atom stereocenters. The largest absolute Gasteiger partial charge is 0.391 e. The first-order valence-corrected chi connectivity index (χ1v) is 14.8. The zero-order valence-electron chi connectivity index (χ0n) is 24.1. The number of anilines is 4. The van der Waals surface area contributed by atoms with Gasteiger partial charge >= 0.3 is 0 Å². The van der Waals surface area contributed by atoms with Gasteiger partial charge in [-0.05, 0) is 110 Å². The molecule has 4 N–H and O–H groups in total. The third kappa shape index (κ3) is 6.64. The lowest BCUT2D eigenvalue weighted by Crippen LogP contribution is -2.21. The Kier molecular flexibility index (Phi) is 8.40. The maximum absolute atomic E-state index is 13.1. The Morgan fingerprint density at radius 1 is 0.523 bits per heavy atom.